The Kier molecular flexibility index (Phi) is 3.37. The van der Waals surface area contributed by atoms with Gasteiger partial charge < -0.3 is 15.2 Å². The van der Waals surface area contributed by atoms with Gasteiger partial charge in [0.1, 0.15) is 0 Å². The van der Waals surface area contributed by atoms with Crippen molar-refractivity contribution >= 4 is 22.8 Å². The fourth-order valence-electron chi connectivity index (χ4n) is 2.82. The van der Waals surface area contributed by atoms with E-state index in [-0.39, 0.29) is 17.7 Å². The van der Waals surface area contributed by atoms with Crippen LogP contribution in [-0.4, -0.2) is 39.4 Å². The second kappa shape index (κ2) is 5.20. The second-order valence-electron chi connectivity index (χ2n) is 5.53. The molecule has 0 unspecified atom stereocenters. The Balaban J connectivity index is 1.76. The Bertz CT molecular complexity index is 699. The molecule has 0 bridgehead atoms. The number of imidazole rings is 1. The zero-order valence-corrected chi connectivity index (χ0v) is 12.0. The Morgan fingerprint density at radius 1 is 1.29 bits per heavy atom. The highest BCUT2D eigenvalue weighted by atomic mass is 16.2. The molecule has 1 aromatic heterocycles. The number of nitrogens with two attached hydrogens (primary N) is 1. The first-order valence-electron chi connectivity index (χ1n) is 7.06. The molecule has 1 aliphatic heterocycles. The lowest BCUT2D eigenvalue weighted by Crippen LogP contribution is -2.41. The molecular formula is C15H18N4O2. The van der Waals surface area contributed by atoms with Crippen LogP contribution < -0.4 is 5.73 Å². The van der Waals surface area contributed by atoms with Crippen LogP contribution in [-0.2, 0) is 11.8 Å². The van der Waals surface area contributed by atoms with E-state index in [1.807, 2.05) is 29.8 Å². The molecule has 3 rings (SSSR count). The highest BCUT2D eigenvalue weighted by Crippen LogP contribution is 2.20. The highest BCUT2D eigenvalue weighted by Gasteiger charge is 2.26. The number of piperidine rings is 1. The summed E-state index contributed by atoms with van der Waals surface area (Å²) >= 11 is 0. The van der Waals surface area contributed by atoms with Crippen LogP contribution in [0, 0.1) is 5.92 Å². The number of hydrogen-bond acceptors (Lipinski definition) is 3. The van der Waals surface area contributed by atoms with Crippen LogP contribution in [0.3, 0.4) is 0 Å². The van der Waals surface area contributed by atoms with Crippen LogP contribution >= 0.6 is 0 Å². The monoisotopic (exact) mass is 286 g/mol. The number of likely N-dealkylation sites (tertiary alicyclic amines) is 1. The van der Waals surface area contributed by atoms with E-state index in [1.165, 1.54) is 0 Å². The molecule has 2 N–H and O–H groups in total. The van der Waals surface area contributed by atoms with Gasteiger partial charge in [-0.2, -0.15) is 0 Å². The number of hydrogen-bond donors (Lipinski definition) is 1. The fourth-order valence-corrected chi connectivity index (χ4v) is 2.82. The smallest absolute Gasteiger partial charge is 0.253 e. The number of carbonyl (C=O) groups is 2. The zero-order chi connectivity index (χ0) is 15.0. The molecule has 1 aromatic carbocycles. The van der Waals surface area contributed by atoms with Crippen molar-refractivity contribution < 1.29 is 9.59 Å². The molecule has 0 aliphatic carbocycles. The van der Waals surface area contributed by atoms with E-state index in [9.17, 15) is 9.59 Å². The lowest BCUT2D eigenvalue weighted by molar-refractivity contribution is -0.123. The van der Waals surface area contributed by atoms with E-state index in [4.69, 9.17) is 5.73 Å². The number of fused-ring (bicyclic) bond motifs is 1. The van der Waals surface area contributed by atoms with E-state index < -0.39 is 0 Å². The summed E-state index contributed by atoms with van der Waals surface area (Å²) in [5.74, 6) is -0.380. The summed E-state index contributed by atoms with van der Waals surface area (Å²) in [5.41, 5.74) is 7.76. The molecule has 110 valence electrons. The van der Waals surface area contributed by atoms with E-state index >= 15 is 0 Å². The standard InChI is InChI=1S/C15H18N4O2/c1-18-9-17-12-8-11(2-3-13(12)18)15(21)19-6-4-10(5-7-19)14(16)20/h2-3,8-10H,4-7H2,1H3,(H2,16,20). The number of primary amides is 1. The number of aromatic nitrogens is 2. The molecule has 1 saturated heterocycles. The third kappa shape index (κ3) is 2.49. The van der Waals surface area contributed by atoms with Crippen LogP contribution in [0.25, 0.3) is 11.0 Å². The third-order valence-electron chi connectivity index (χ3n) is 4.16. The maximum absolute atomic E-state index is 12.5. The second-order valence-corrected chi connectivity index (χ2v) is 5.53. The average Bonchev–Trinajstić information content (AvgIpc) is 2.87. The van der Waals surface area contributed by atoms with Crippen LogP contribution in [0.1, 0.15) is 23.2 Å². The van der Waals surface area contributed by atoms with Gasteiger partial charge in [0.15, 0.2) is 0 Å². The Morgan fingerprint density at radius 3 is 2.67 bits per heavy atom. The Morgan fingerprint density at radius 2 is 2.00 bits per heavy atom. The maximum atomic E-state index is 12.5. The maximum Gasteiger partial charge on any atom is 0.253 e. The predicted molar refractivity (Wildman–Crippen MR) is 78.5 cm³/mol. The van der Waals surface area contributed by atoms with Crippen molar-refractivity contribution in [2.75, 3.05) is 13.1 Å². The molecule has 21 heavy (non-hydrogen) atoms. The topological polar surface area (TPSA) is 81.2 Å². The van der Waals surface area contributed by atoms with Gasteiger partial charge in [-0.15, -0.1) is 0 Å². The van der Waals surface area contributed by atoms with Crippen molar-refractivity contribution in [3.05, 3.63) is 30.1 Å². The van der Waals surface area contributed by atoms with Crippen LogP contribution in [0.2, 0.25) is 0 Å². The predicted octanol–water partition coefficient (Wildman–Crippen LogP) is 0.911. The molecule has 0 radical (unpaired) electrons. The van der Waals surface area contributed by atoms with Crippen molar-refractivity contribution in [3.63, 3.8) is 0 Å². The quantitative estimate of drug-likeness (QED) is 0.891. The number of carbonyl (C=O) groups excluding carboxylic acids is 2. The van der Waals surface area contributed by atoms with Gasteiger partial charge in [-0.25, -0.2) is 4.98 Å². The molecular weight excluding hydrogens is 268 g/mol. The summed E-state index contributed by atoms with van der Waals surface area (Å²) in [6, 6.07) is 5.55. The minimum absolute atomic E-state index is 0.00882. The van der Waals surface area contributed by atoms with Crippen molar-refractivity contribution in [2.45, 2.75) is 12.8 Å². The molecule has 2 amide bonds. The van der Waals surface area contributed by atoms with Gasteiger partial charge in [0.25, 0.3) is 5.91 Å². The van der Waals surface area contributed by atoms with Gasteiger partial charge in [-0.3, -0.25) is 9.59 Å². The number of amides is 2. The molecule has 0 saturated carbocycles. The molecule has 0 spiro atoms. The Hall–Kier alpha value is -2.37. The van der Waals surface area contributed by atoms with Gasteiger partial charge in [0.05, 0.1) is 17.4 Å². The van der Waals surface area contributed by atoms with Crippen molar-refractivity contribution in [1.29, 1.82) is 0 Å². The molecule has 0 atom stereocenters. The largest absolute Gasteiger partial charge is 0.369 e. The van der Waals surface area contributed by atoms with E-state index in [2.05, 4.69) is 4.98 Å². The van der Waals surface area contributed by atoms with Crippen molar-refractivity contribution in [3.8, 4) is 0 Å². The third-order valence-corrected chi connectivity index (χ3v) is 4.16. The number of aryl methyl sites for hydroxylation is 1. The van der Waals surface area contributed by atoms with Gasteiger partial charge in [-0.05, 0) is 31.0 Å². The SMILES string of the molecule is Cn1cnc2cc(C(=O)N3CCC(C(N)=O)CC3)ccc21. The summed E-state index contributed by atoms with van der Waals surface area (Å²) in [5, 5.41) is 0. The minimum Gasteiger partial charge on any atom is -0.369 e. The van der Waals surface area contributed by atoms with E-state index in [0.717, 1.165) is 11.0 Å². The van der Waals surface area contributed by atoms with Gasteiger partial charge in [0.2, 0.25) is 5.91 Å². The van der Waals surface area contributed by atoms with Gasteiger partial charge in [0, 0.05) is 31.6 Å². The molecule has 2 heterocycles. The first-order chi connectivity index (χ1) is 10.1. The Labute approximate surface area is 122 Å². The molecule has 1 fully saturated rings. The molecule has 6 nitrogen and oxygen atoms in total. The lowest BCUT2D eigenvalue weighted by Gasteiger charge is -2.30. The van der Waals surface area contributed by atoms with Gasteiger partial charge >= 0.3 is 0 Å². The normalized spacial score (nSPS) is 16.3. The molecule has 1 aliphatic rings. The first kappa shape index (κ1) is 13.6. The summed E-state index contributed by atoms with van der Waals surface area (Å²) < 4.78 is 1.92. The summed E-state index contributed by atoms with van der Waals surface area (Å²) in [6.07, 6.45) is 3.02. The minimum atomic E-state index is -0.267. The number of nitrogens with zero attached hydrogens (tertiary/aromatic N) is 3. The lowest BCUT2D eigenvalue weighted by atomic mass is 9.96. The van der Waals surface area contributed by atoms with Crippen molar-refractivity contribution in [1.82, 2.24) is 14.5 Å². The number of benzene rings is 1. The first-order valence-corrected chi connectivity index (χ1v) is 7.06. The molecule has 6 heteroatoms. The summed E-state index contributed by atoms with van der Waals surface area (Å²) in [4.78, 5) is 29.7. The van der Waals surface area contributed by atoms with Crippen LogP contribution in [0.15, 0.2) is 24.5 Å². The van der Waals surface area contributed by atoms with E-state index in [0.29, 0.717) is 31.5 Å². The summed E-state index contributed by atoms with van der Waals surface area (Å²) in [6.45, 7) is 1.15. The van der Waals surface area contributed by atoms with Crippen LogP contribution in [0.5, 0.6) is 0 Å². The fraction of sp³-hybridized carbons (Fsp3) is 0.400. The number of rotatable bonds is 2. The van der Waals surface area contributed by atoms with Crippen molar-refractivity contribution in [2.24, 2.45) is 18.7 Å². The summed E-state index contributed by atoms with van der Waals surface area (Å²) in [7, 11) is 1.92. The van der Waals surface area contributed by atoms with Crippen LogP contribution in [0.4, 0.5) is 0 Å². The van der Waals surface area contributed by atoms with Gasteiger partial charge in [-0.1, -0.05) is 0 Å². The molecule has 2 aromatic rings. The highest BCUT2D eigenvalue weighted by molar-refractivity contribution is 5.97. The zero-order valence-electron chi connectivity index (χ0n) is 12.0. The van der Waals surface area contributed by atoms with E-state index in [1.54, 1.807) is 11.2 Å². The average molecular weight is 286 g/mol.